The van der Waals surface area contributed by atoms with Crippen molar-refractivity contribution in [2.45, 2.75) is 478 Å². The van der Waals surface area contributed by atoms with Crippen molar-refractivity contribution >= 4 is 39.5 Å². The number of rotatable bonds is 85. The van der Waals surface area contributed by atoms with E-state index in [9.17, 15) is 43.2 Å². The van der Waals surface area contributed by atoms with Crippen molar-refractivity contribution in [3.63, 3.8) is 0 Å². The summed E-state index contributed by atoms with van der Waals surface area (Å²) in [6.45, 7) is 12.0. The lowest BCUT2D eigenvalue weighted by atomic mass is 10.0. The Morgan fingerprint density at radius 1 is 0.255 bits per heavy atom. The highest BCUT2D eigenvalue weighted by Crippen LogP contribution is 2.45. The van der Waals surface area contributed by atoms with Gasteiger partial charge >= 0.3 is 39.5 Å². The first-order valence-corrected chi connectivity index (χ1v) is 47.8. The lowest BCUT2D eigenvalue weighted by Gasteiger charge is -2.21. The summed E-state index contributed by atoms with van der Waals surface area (Å²) in [5.74, 6) is 0.248. The van der Waals surface area contributed by atoms with Crippen LogP contribution >= 0.6 is 15.6 Å². The quantitative estimate of drug-likeness (QED) is 0.0222. The van der Waals surface area contributed by atoms with Crippen molar-refractivity contribution in [2.24, 2.45) is 17.8 Å². The van der Waals surface area contributed by atoms with Gasteiger partial charge in [-0.2, -0.15) is 0 Å². The van der Waals surface area contributed by atoms with E-state index in [0.29, 0.717) is 25.7 Å². The third-order valence-electron chi connectivity index (χ3n) is 20.4. The maximum absolute atomic E-state index is 13.2. The predicted molar refractivity (Wildman–Crippen MR) is 437 cm³/mol. The first-order chi connectivity index (χ1) is 51.2. The minimum Gasteiger partial charge on any atom is -0.462 e. The third-order valence-corrected chi connectivity index (χ3v) is 22.3. The largest absolute Gasteiger partial charge is 0.472 e. The van der Waals surface area contributed by atoms with Crippen LogP contribution in [0, 0.1) is 17.8 Å². The molecule has 0 saturated heterocycles. The van der Waals surface area contributed by atoms with Crippen molar-refractivity contribution < 1.29 is 80.2 Å². The van der Waals surface area contributed by atoms with Crippen molar-refractivity contribution in [1.82, 2.24) is 0 Å². The van der Waals surface area contributed by atoms with Gasteiger partial charge < -0.3 is 33.8 Å². The Kier molecular flexibility index (Phi) is 75.6. The average molecular weight is 1550 g/mol. The molecule has 19 heteroatoms. The summed E-state index contributed by atoms with van der Waals surface area (Å²) in [6.07, 6.45) is 68.0. The van der Waals surface area contributed by atoms with E-state index < -0.39 is 97.5 Å². The van der Waals surface area contributed by atoms with Gasteiger partial charge in [-0.3, -0.25) is 37.3 Å². The molecule has 2 unspecified atom stereocenters. The Morgan fingerprint density at radius 3 is 0.642 bits per heavy atom. The number of carbonyl (C=O) groups excluding carboxylic acids is 4. The number of aliphatic hydroxyl groups excluding tert-OH is 1. The fraction of sp³-hybridized carbons (Fsp3) is 0.954. The summed E-state index contributed by atoms with van der Waals surface area (Å²) in [7, 11) is -9.93. The van der Waals surface area contributed by atoms with Crippen molar-refractivity contribution in [2.75, 3.05) is 39.6 Å². The van der Waals surface area contributed by atoms with Crippen LogP contribution in [0.3, 0.4) is 0 Å². The molecule has 106 heavy (non-hydrogen) atoms. The molecule has 0 spiro atoms. The minimum atomic E-state index is -4.97. The Bertz CT molecular complexity index is 2040. The fourth-order valence-corrected chi connectivity index (χ4v) is 15.1. The van der Waals surface area contributed by atoms with E-state index >= 15 is 0 Å². The molecule has 0 aliphatic rings. The number of hydrogen-bond acceptors (Lipinski definition) is 15. The summed E-state index contributed by atoms with van der Waals surface area (Å²) in [4.78, 5) is 73.3. The molecule has 0 aromatic carbocycles. The van der Waals surface area contributed by atoms with Crippen LogP contribution in [0.15, 0.2) is 0 Å². The molecule has 17 nitrogen and oxygen atoms in total. The number of phosphoric ester groups is 2. The fourth-order valence-electron chi connectivity index (χ4n) is 13.5. The van der Waals surface area contributed by atoms with Crippen LogP contribution < -0.4 is 0 Å². The minimum absolute atomic E-state index is 0.107. The van der Waals surface area contributed by atoms with Crippen molar-refractivity contribution in [1.29, 1.82) is 0 Å². The summed E-state index contributed by atoms with van der Waals surface area (Å²) in [5, 5.41) is 10.7. The highest BCUT2D eigenvalue weighted by Gasteiger charge is 2.30. The Labute approximate surface area is 651 Å². The molecule has 0 aromatic rings. The third kappa shape index (κ3) is 80.1. The molecule has 0 aliphatic heterocycles. The summed E-state index contributed by atoms with van der Waals surface area (Å²) < 4.78 is 69.0. The Morgan fingerprint density at radius 2 is 0.434 bits per heavy atom. The second-order valence-electron chi connectivity index (χ2n) is 32.7. The molecule has 0 saturated carbocycles. The normalized spacial score (nSPS) is 13.9. The molecule has 0 heterocycles. The summed E-state index contributed by atoms with van der Waals surface area (Å²) >= 11 is 0. The van der Waals surface area contributed by atoms with E-state index in [-0.39, 0.29) is 25.7 Å². The number of unbranched alkanes of at least 4 members (excludes halogenated alkanes) is 53. The van der Waals surface area contributed by atoms with Crippen LogP contribution in [-0.4, -0.2) is 96.7 Å². The number of phosphoric acid groups is 2. The lowest BCUT2D eigenvalue weighted by molar-refractivity contribution is -0.161. The smallest absolute Gasteiger partial charge is 0.462 e. The summed E-state index contributed by atoms with van der Waals surface area (Å²) in [5.41, 5.74) is 0. The van der Waals surface area contributed by atoms with Crippen LogP contribution in [0.1, 0.15) is 459 Å². The maximum Gasteiger partial charge on any atom is 0.472 e. The Balaban J connectivity index is 5.25. The number of ether oxygens (including phenoxy) is 4. The predicted octanol–water partition coefficient (Wildman–Crippen LogP) is 26.5. The topological polar surface area (TPSA) is 237 Å². The van der Waals surface area contributed by atoms with Gasteiger partial charge in [-0.1, -0.05) is 408 Å². The molecule has 0 amide bonds. The van der Waals surface area contributed by atoms with E-state index in [1.807, 2.05) is 0 Å². The van der Waals surface area contributed by atoms with Crippen LogP contribution in [0.25, 0.3) is 0 Å². The summed E-state index contributed by atoms with van der Waals surface area (Å²) in [6, 6.07) is 0. The van der Waals surface area contributed by atoms with Gasteiger partial charge in [0, 0.05) is 25.7 Å². The number of hydrogen-bond donors (Lipinski definition) is 3. The average Bonchev–Trinajstić information content (AvgIpc) is 0.900. The first-order valence-electron chi connectivity index (χ1n) is 44.8. The van der Waals surface area contributed by atoms with Gasteiger partial charge in [0.15, 0.2) is 12.2 Å². The number of esters is 4. The Hall–Kier alpha value is -1.94. The molecule has 0 aliphatic carbocycles. The molecule has 630 valence electrons. The lowest BCUT2D eigenvalue weighted by Crippen LogP contribution is -2.30. The molecular weight excluding hydrogens is 1380 g/mol. The van der Waals surface area contributed by atoms with Crippen molar-refractivity contribution in [3.05, 3.63) is 0 Å². The number of carbonyl (C=O) groups is 4. The van der Waals surface area contributed by atoms with Gasteiger partial charge in [0.2, 0.25) is 0 Å². The zero-order valence-electron chi connectivity index (χ0n) is 69.9. The van der Waals surface area contributed by atoms with Crippen LogP contribution in [0.4, 0.5) is 0 Å². The SMILES string of the molecule is CCCCCCCCCCCCCCCCCCCC(=O)OC[C@H](COP(=O)(O)OC[C@@H](O)COP(=O)(O)OC[C@@H](COC(=O)CCCCCCCCCCCC(C)C)OC(=O)CCCCCCCCCCCCCCCC(C)C)OC(=O)CCCCCCCCCCCCCCCCCCCCC(C)C. The molecular formula is C87H170O17P2. The molecule has 5 atom stereocenters. The molecule has 0 radical (unpaired) electrons. The van der Waals surface area contributed by atoms with E-state index in [2.05, 4.69) is 48.5 Å². The maximum atomic E-state index is 13.2. The monoisotopic (exact) mass is 1550 g/mol. The van der Waals surface area contributed by atoms with E-state index in [1.165, 1.54) is 270 Å². The van der Waals surface area contributed by atoms with Gasteiger partial charge in [0.1, 0.15) is 19.3 Å². The van der Waals surface area contributed by atoms with Gasteiger partial charge in [0.25, 0.3) is 0 Å². The van der Waals surface area contributed by atoms with E-state index in [1.54, 1.807) is 0 Å². The van der Waals surface area contributed by atoms with Gasteiger partial charge in [-0.15, -0.1) is 0 Å². The van der Waals surface area contributed by atoms with Gasteiger partial charge in [-0.05, 0) is 43.4 Å². The molecule has 3 N–H and O–H groups in total. The van der Waals surface area contributed by atoms with E-state index in [0.717, 1.165) is 108 Å². The zero-order valence-corrected chi connectivity index (χ0v) is 71.7. The second-order valence-corrected chi connectivity index (χ2v) is 35.6. The molecule has 0 aromatic heterocycles. The number of aliphatic hydroxyl groups is 1. The van der Waals surface area contributed by atoms with E-state index in [4.69, 9.17) is 37.0 Å². The highest BCUT2D eigenvalue weighted by atomic mass is 31.2. The van der Waals surface area contributed by atoms with Crippen LogP contribution in [0.5, 0.6) is 0 Å². The zero-order chi connectivity index (χ0) is 77.9. The van der Waals surface area contributed by atoms with Gasteiger partial charge in [0.05, 0.1) is 26.4 Å². The van der Waals surface area contributed by atoms with Crippen molar-refractivity contribution in [3.8, 4) is 0 Å². The molecule has 0 bridgehead atoms. The van der Waals surface area contributed by atoms with Gasteiger partial charge in [-0.25, -0.2) is 9.13 Å². The van der Waals surface area contributed by atoms with Crippen LogP contribution in [-0.2, 0) is 65.4 Å². The molecule has 0 rings (SSSR count). The standard InChI is InChI=1S/C87H170O17P2/c1-8-9-10-11-12-13-14-15-16-19-23-28-33-40-47-54-61-68-84(89)97-74-82(103-86(91)70-63-56-49-41-34-29-24-21-18-17-20-22-26-31-37-44-51-58-65-78(2)3)76-101-105(93,94)99-72-81(88)73-100-106(95,96)102-77-83(75-98-85(90)69-62-55-48-43-36-39-46-53-60-67-80(6)7)104-87(92)71-64-57-50-42-35-30-25-27-32-38-45-52-59-66-79(4)5/h78-83,88H,8-77H2,1-7H3,(H,93,94)(H,95,96)/t81-,82-,83-/m1/s1. The first kappa shape index (κ1) is 104. The van der Waals surface area contributed by atoms with Crippen LogP contribution in [0.2, 0.25) is 0 Å². The molecule has 0 fully saturated rings. The highest BCUT2D eigenvalue weighted by molar-refractivity contribution is 7.47. The second kappa shape index (κ2) is 77.0.